The summed E-state index contributed by atoms with van der Waals surface area (Å²) >= 11 is 0. The van der Waals surface area contributed by atoms with Crippen LogP contribution in [0.5, 0.6) is 5.75 Å². The number of benzene rings is 1. The maximum absolute atomic E-state index is 9.41. The van der Waals surface area contributed by atoms with Crippen molar-refractivity contribution in [2.75, 3.05) is 25.2 Å². The first kappa shape index (κ1) is 15.1. The van der Waals surface area contributed by atoms with Gasteiger partial charge in [-0.3, -0.25) is 0 Å². The van der Waals surface area contributed by atoms with Gasteiger partial charge in [-0.15, -0.1) is 0 Å². The Morgan fingerprint density at radius 2 is 2.10 bits per heavy atom. The van der Waals surface area contributed by atoms with Crippen molar-refractivity contribution >= 4 is 5.69 Å². The van der Waals surface area contributed by atoms with E-state index in [0.29, 0.717) is 12.6 Å². The molecule has 4 nitrogen and oxygen atoms in total. The largest absolute Gasteiger partial charge is 0.496 e. The van der Waals surface area contributed by atoms with Gasteiger partial charge in [0.25, 0.3) is 0 Å². The highest BCUT2D eigenvalue weighted by atomic mass is 16.5. The van der Waals surface area contributed by atoms with Gasteiger partial charge in [0.05, 0.1) is 13.7 Å². The molecule has 0 aromatic heterocycles. The number of ether oxygens (including phenoxy) is 1. The summed E-state index contributed by atoms with van der Waals surface area (Å²) in [5, 5.41) is 9.41. The first-order valence-electron chi connectivity index (χ1n) is 7.49. The van der Waals surface area contributed by atoms with Crippen LogP contribution in [0.15, 0.2) is 18.2 Å². The number of methoxy groups -OCH3 is 1. The number of hydrogen-bond donors (Lipinski definition) is 2. The molecule has 112 valence electrons. The molecule has 1 atom stereocenters. The standard InChI is InChI=1S/C16H26N2O2/c1-12(17)16-14(8-5-9-15(16)20-2)18(10-11-19)13-6-3-4-7-13/h5,8-9,12-13,19H,3-4,6-7,10-11,17H2,1-2H3/t12-/m0/s1. The molecule has 1 aliphatic carbocycles. The molecule has 0 spiro atoms. The molecule has 1 aliphatic rings. The summed E-state index contributed by atoms with van der Waals surface area (Å²) < 4.78 is 5.47. The van der Waals surface area contributed by atoms with Crippen molar-refractivity contribution in [1.29, 1.82) is 0 Å². The predicted molar refractivity (Wildman–Crippen MR) is 82.3 cm³/mol. The Morgan fingerprint density at radius 1 is 1.40 bits per heavy atom. The van der Waals surface area contributed by atoms with Crippen LogP contribution in [0.25, 0.3) is 0 Å². The van der Waals surface area contributed by atoms with Crippen molar-refractivity contribution in [3.8, 4) is 5.75 Å². The Labute approximate surface area is 121 Å². The number of aliphatic hydroxyl groups excluding tert-OH is 1. The molecular weight excluding hydrogens is 252 g/mol. The van der Waals surface area contributed by atoms with E-state index in [-0.39, 0.29) is 12.6 Å². The molecule has 20 heavy (non-hydrogen) atoms. The van der Waals surface area contributed by atoms with Gasteiger partial charge < -0.3 is 20.5 Å². The average molecular weight is 278 g/mol. The topological polar surface area (TPSA) is 58.7 Å². The minimum atomic E-state index is -0.0938. The van der Waals surface area contributed by atoms with Crippen LogP contribution in [0.4, 0.5) is 5.69 Å². The summed E-state index contributed by atoms with van der Waals surface area (Å²) in [6.45, 7) is 2.79. The smallest absolute Gasteiger partial charge is 0.125 e. The molecule has 0 radical (unpaired) electrons. The lowest BCUT2D eigenvalue weighted by molar-refractivity contribution is 0.297. The zero-order valence-electron chi connectivity index (χ0n) is 12.5. The van der Waals surface area contributed by atoms with E-state index < -0.39 is 0 Å². The Morgan fingerprint density at radius 3 is 2.65 bits per heavy atom. The highest BCUT2D eigenvalue weighted by Gasteiger charge is 2.26. The van der Waals surface area contributed by atoms with Gasteiger partial charge in [0, 0.05) is 29.9 Å². The van der Waals surface area contributed by atoms with Crippen molar-refractivity contribution < 1.29 is 9.84 Å². The number of aliphatic hydroxyl groups is 1. The van der Waals surface area contributed by atoms with Gasteiger partial charge in [0.15, 0.2) is 0 Å². The van der Waals surface area contributed by atoms with Crippen molar-refractivity contribution in [1.82, 2.24) is 0 Å². The lowest BCUT2D eigenvalue weighted by Crippen LogP contribution is -2.36. The first-order valence-corrected chi connectivity index (χ1v) is 7.49. The normalized spacial score (nSPS) is 17.2. The molecule has 0 unspecified atom stereocenters. The van der Waals surface area contributed by atoms with Crippen molar-refractivity contribution in [3.05, 3.63) is 23.8 Å². The monoisotopic (exact) mass is 278 g/mol. The predicted octanol–water partition coefficient (Wildman–Crippen LogP) is 2.46. The van der Waals surface area contributed by atoms with Crippen molar-refractivity contribution in [3.63, 3.8) is 0 Å². The SMILES string of the molecule is COc1cccc(N(CCO)C2CCCC2)c1[C@H](C)N. The Bertz CT molecular complexity index is 428. The molecule has 0 heterocycles. The molecule has 4 heteroatoms. The van der Waals surface area contributed by atoms with Crippen LogP contribution >= 0.6 is 0 Å². The lowest BCUT2D eigenvalue weighted by Gasteiger charge is -2.33. The summed E-state index contributed by atoms with van der Waals surface area (Å²) in [5.41, 5.74) is 8.30. The third kappa shape index (κ3) is 3.07. The third-order valence-corrected chi connectivity index (χ3v) is 4.13. The van der Waals surface area contributed by atoms with Gasteiger partial charge in [-0.1, -0.05) is 18.9 Å². The summed E-state index contributed by atoms with van der Waals surface area (Å²) in [6, 6.07) is 6.46. The fourth-order valence-corrected chi connectivity index (χ4v) is 3.24. The third-order valence-electron chi connectivity index (χ3n) is 4.13. The summed E-state index contributed by atoms with van der Waals surface area (Å²) in [6.07, 6.45) is 4.92. The maximum Gasteiger partial charge on any atom is 0.125 e. The summed E-state index contributed by atoms with van der Waals surface area (Å²) in [5.74, 6) is 0.832. The second-order valence-corrected chi connectivity index (χ2v) is 5.54. The van der Waals surface area contributed by atoms with Crippen molar-refractivity contribution in [2.45, 2.75) is 44.7 Å². The number of nitrogens with two attached hydrogens (primary N) is 1. The Balaban J connectivity index is 2.41. The van der Waals surface area contributed by atoms with Crippen molar-refractivity contribution in [2.24, 2.45) is 5.73 Å². The van der Waals surface area contributed by atoms with E-state index in [1.54, 1.807) is 7.11 Å². The van der Waals surface area contributed by atoms with Crippen LogP contribution in [0.1, 0.15) is 44.2 Å². The second-order valence-electron chi connectivity index (χ2n) is 5.54. The number of rotatable bonds is 6. The van der Waals surface area contributed by atoms with Gasteiger partial charge in [-0.2, -0.15) is 0 Å². The van der Waals surface area contributed by atoms with E-state index in [9.17, 15) is 5.11 Å². The van der Waals surface area contributed by atoms with Crippen LogP contribution in [-0.4, -0.2) is 31.4 Å². The van der Waals surface area contributed by atoms with E-state index >= 15 is 0 Å². The summed E-state index contributed by atoms with van der Waals surface area (Å²) in [7, 11) is 1.68. The molecular formula is C16H26N2O2. The number of anilines is 1. The van der Waals surface area contributed by atoms with Gasteiger partial charge >= 0.3 is 0 Å². The molecule has 1 saturated carbocycles. The zero-order chi connectivity index (χ0) is 14.5. The lowest BCUT2D eigenvalue weighted by atomic mass is 10.0. The highest BCUT2D eigenvalue weighted by Crippen LogP contribution is 2.37. The molecule has 1 fully saturated rings. The number of nitrogens with zero attached hydrogens (tertiary/aromatic N) is 1. The second kappa shape index (κ2) is 6.95. The van der Waals surface area contributed by atoms with E-state index in [1.165, 1.54) is 25.7 Å². The van der Waals surface area contributed by atoms with Crippen LogP contribution < -0.4 is 15.4 Å². The molecule has 3 N–H and O–H groups in total. The van der Waals surface area contributed by atoms with Crippen LogP contribution in [0.3, 0.4) is 0 Å². The molecule has 0 saturated heterocycles. The Kier molecular flexibility index (Phi) is 5.26. The molecule has 0 bridgehead atoms. The first-order chi connectivity index (χ1) is 9.69. The van der Waals surface area contributed by atoms with Crippen LogP contribution in [0.2, 0.25) is 0 Å². The van der Waals surface area contributed by atoms with Crippen LogP contribution in [-0.2, 0) is 0 Å². The average Bonchev–Trinajstić information content (AvgIpc) is 2.97. The minimum absolute atomic E-state index is 0.0938. The van der Waals surface area contributed by atoms with E-state index in [2.05, 4.69) is 11.0 Å². The number of hydrogen-bond acceptors (Lipinski definition) is 4. The molecule has 1 aromatic rings. The van der Waals surface area contributed by atoms with Gasteiger partial charge in [-0.05, 0) is 31.9 Å². The Hall–Kier alpha value is -1.26. The highest BCUT2D eigenvalue weighted by molar-refractivity contribution is 5.61. The fraction of sp³-hybridized carbons (Fsp3) is 0.625. The fourth-order valence-electron chi connectivity index (χ4n) is 3.24. The quantitative estimate of drug-likeness (QED) is 0.839. The maximum atomic E-state index is 9.41. The zero-order valence-corrected chi connectivity index (χ0v) is 12.5. The molecule has 1 aromatic carbocycles. The van der Waals surface area contributed by atoms with Gasteiger partial charge in [0.2, 0.25) is 0 Å². The van der Waals surface area contributed by atoms with E-state index in [4.69, 9.17) is 10.5 Å². The van der Waals surface area contributed by atoms with Crippen LogP contribution in [0, 0.1) is 0 Å². The van der Waals surface area contributed by atoms with E-state index in [1.807, 2.05) is 19.1 Å². The van der Waals surface area contributed by atoms with Gasteiger partial charge in [0.1, 0.15) is 5.75 Å². The molecule has 0 aliphatic heterocycles. The van der Waals surface area contributed by atoms with Gasteiger partial charge in [-0.25, -0.2) is 0 Å². The molecule has 0 amide bonds. The van der Waals surface area contributed by atoms with E-state index in [0.717, 1.165) is 17.0 Å². The summed E-state index contributed by atoms with van der Waals surface area (Å²) in [4.78, 5) is 2.31. The molecule has 2 rings (SSSR count). The minimum Gasteiger partial charge on any atom is -0.496 e.